The van der Waals surface area contributed by atoms with Gasteiger partial charge < -0.3 is 9.73 Å². The van der Waals surface area contributed by atoms with Crippen LogP contribution < -0.4 is 5.32 Å². The summed E-state index contributed by atoms with van der Waals surface area (Å²) in [5.41, 5.74) is 3.12. The Morgan fingerprint density at radius 3 is 2.84 bits per heavy atom. The summed E-state index contributed by atoms with van der Waals surface area (Å²) in [7, 11) is 0. The van der Waals surface area contributed by atoms with Crippen molar-refractivity contribution < 1.29 is 4.42 Å². The van der Waals surface area contributed by atoms with Crippen molar-refractivity contribution in [3.63, 3.8) is 0 Å². The Hall–Kier alpha value is -1.84. The van der Waals surface area contributed by atoms with Crippen LogP contribution >= 0.6 is 0 Å². The molecule has 0 saturated heterocycles. The maximum atomic E-state index is 5.18. The van der Waals surface area contributed by atoms with Crippen LogP contribution in [0.1, 0.15) is 43.5 Å². The van der Waals surface area contributed by atoms with E-state index in [4.69, 9.17) is 9.40 Å². The number of furan rings is 1. The van der Waals surface area contributed by atoms with E-state index in [0.717, 1.165) is 41.4 Å². The highest BCUT2D eigenvalue weighted by Crippen LogP contribution is 2.40. The summed E-state index contributed by atoms with van der Waals surface area (Å²) in [5, 5.41) is 3.41. The quantitative estimate of drug-likeness (QED) is 0.886. The molecule has 0 amide bonds. The fourth-order valence-corrected chi connectivity index (χ4v) is 2.15. The van der Waals surface area contributed by atoms with Crippen LogP contribution in [0.4, 0.5) is 5.82 Å². The highest BCUT2D eigenvalue weighted by molar-refractivity contribution is 5.67. The van der Waals surface area contributed by atoms with Gasteiger partial charge in [-0.25, -0.2) is 9.97 Å². The molecule has 19 heavy (non-hydrogen) atoms. The molecule has 1 aliphatic rings. The maximum Gasteiger partial charge on any atom is 0.134 e. The minimum atomic E-state index is 0.549. The normalized spacial score (nSPS) is 14.6. The summed E-state index contributed by atoms with van der Waals surface area (Å²) >= 11 is 0. The molecule has 4 heteroatoms. The second-order valence-corrected chi connectivity index (χ2v) is 5.12. The maximum absolute atomic E-state index is 5.18. The zero-order chi connectivity index (χ0) is 13.2. The molecule has 1 N–H and O–H groups in total. The van der Waals surface area contributed by atoms with Crippen molar-refractivity contribution >= 4 is 5.82 Å². The van der Waals surface area contributed by atoms with Crippen molar-refractivity contribution in [1.29, 1.82) is 0 Å². The Morgan fingerprint density at radius 2 is 2.21 bits per heavy atom. The van der Waals surface area contributed by atoms with Crippen molar-refractivity contribution in [2.24, 2.45) is 0 Å². The van der Waals surface area contributed by atoms with E-state index >= 15 is 0 Å². The standard InChI is InChI=1S/C15H19N3O/c1-3-7-16-14-10(2)13(12-6-8-19-9-12)17-15(18-14)11-4-5-11/h6,8-9,11H,3-5,7H2,1-2H3,(H,16,17,18). The highest BCUT2D eigenvalue weighted by Gasteiger charge is 2.28. The third-order valence-corrected chi connectivity index (χ3v) is 3.44. The number of rotatable bonds is 5. The minimum Gasteiger partial charge on any atom is -0.472 e. The first kappa shape index (κ1) is 12.2. The van der Waals surface area contributed by atoms with Crippen LogP contribution in [-0.4, -0.2) is 16.5 Å². The van der Waals surface area contributed by atoms with Gasteiger partial charge >= 0.3 is 0 Å². The Kier molecular flexibility index (Phi) is 3.23. The van der Waals surface area contributed by atoms with Gasteiger partial charge in [-0.15, -0.1) is 0 Å². The van der Waals surface area contributed by atoms with Crippen molar-refractivity contribution in [2.45, 2.75) is 39.0 Å². The smallest absolute Gasteiger partial charge is 0.134 e. The zero-order valence-corrected chi connectivity index (χ0v) is 11.4. The van der Waals surface area contributed by atoms with E-state index in [-0.39, 0.29) is 0 Å². The first-order valence-corrected chi connectivity index (χ1v) is 6.94. The van der Waals surface area contributed by atoms with Gasteiger partial charge in [-0.05, 0) is 32.3 Å². The van der Waals surface area contributed by atoms with Gasteiger partial charge in [-0.2, -0.15) is 0 Å². The number of anilines is 1. The Morgan fingerprint density at radius 1 is 1.37 bits per heavy atom. The first-order valence-electron chi connectivity index (χ1n) is 6.94. The van der Waals surface area contributed by atoms with Gasteiger partial charge in [0, 0.05) is 23.6 Å². The highest BCUT2D eigenvalue weighted by atomic mass is 16.3. The summed E-state index contributed by atoms with van der Waals surface area (Å²) in [6.07, 6.45) is 6.94. The third kappa shape index (κ3) is 2.48. The van der Waals surface area contributed by atoms with Crippen molar-refractivity contribution in [2.75, 3.05) is 11.9 Å². The van der Waals surface area contributed by atoms with Gasteiger partial charge in [-0.1, -0.05) is 6.92 Å². The molecule has 0 aliphatic heterocycles. The first-order chi connectivity index (χ1) is 9.29. The monoisotopic (exact) mass is 257 g/mol. The average molecular weight is 257 g/mol. The van der Waals surface area contributed by atoms with Crippen LogP contribution in [0, 0.1) is 6.92 Å². The molecule has 4 nitrogen and oxygen atoms in total. The SMILES string of the molecule is CCCNc1nc(C2CC2)nc(-c2ccoc2)c1C. The molecular formula is C15H19N3O. The third-order valence-electron chi connectivity index (χ3n) is 3.44. The lowest BCUT2D eigenvalue weighted by Crippen LogP contribution is -2.08. The molecule has 1 aliphatic carbocycles. The molecule has 1 saturated carbocycles. The van der Waals surface area contributed by atoms with E-state index in [0.29, 0.717) is 5.92 Å². The number of nitrogens with one attached hydrogen (secondary N) is 1. The molecule has 0 aromatic carbocycles. The van der Waals surface area contributed by atoms with Gasteiger partial charge in [0.1, 0.15) is 11.6 Å². The fourth-order valence-electron chi connectivity index (χ4n) is 2.15. The van der Waals surface area contributed by atoms with Gasteiger partial charge in [0.25, 0.3) is 0 Å². The van der Waals surface area contributed by atoms with Gasteiger partial charge in [0.15, 0.2) is 0 Å². The topological polar surface area (TPSA) is 51.0 Å². The molecule has 0 atom stereocenters. The number of hydrogen-bond acceptors (Lipinski definition) is 4. The molecule has 1 fully saturated rings. The van der Waals surface area contributed by atoms with Crippen LogP contribution in [0.25, 0.3) is 11.3 Å². The predicted octanol–water partition coefficient (Wildman–Crippen LogP) is 3.74. The van der Waals surface area contributed by atoms with Crippen LogP contribution in [-0.2, 0) is 0 Å². The van der Waals surface area contributed by atoms with E-state index < -0.39 is 0 Å². The Balaban J connectivity index is 2.03. The molecule has 0 radical (unpaired) electrons. The summed E-state index contributed by atoms with van der Waals surface area (Å²) in [6, 6.07) is 1.95. The second-order valence-electron chi connectivity index (χ2n) is 5.12. The van der Waals surface area contributed by atoms with Gasteiger partial charge in [0.2, 0.25) is 0 Å². The van der Waals surface area contributed by atoms with E-state index in [1.807, 2.05) is 6.07 Å². The van der Waals surface area contributed by atoms with E-state index in [1.54, 1.807) is 12.5 Å². The lowest BCUT2D eigenvalue weighted by molar-refractivity contribution is 0.568. The predicted molar refractivity (Wildman–Crippen MR) is 75.2 cm³/mol. The lowest BCUT2D eigenvalue weighted by atomic mass is 10.1. The summed E-state index contributed by atoms with van der Waals surface area (Å²) in [4.78, 5) is 9.42. The van der Waals surface area contributed by atoms with Gasteiger partial charge in [-0.3, -0.25) is 0 Å². The van der Waals surface area contributed by atoms with Crippen LogP contribution in [0.5, 0.6) is 0 Å². The Bertz CT molecular complexity index is 559. The average Bonchev–Trinajstić information content (AvgIpc) is 3.13. The van der Waals surface area contributed by atoms with Crippen molar-refractivity contribution in [3.05, 3.63) is 30.0 Å². The molecule has 0 spiro atoms. The summed E-state index contributed by atoms with van der Waals surface area (Å²) in [6.45, 7) is 5.16. The van der Waals surface area contributed by atoms with Gasteiger partial charge in [0.05, 0.1) is 18.2 Å². The van der Waals surface area contributed by atoms with Crippen molar-refractivity contribution in [1.82, 2.24) is 9.97 Å². The fraction of sp³-hybridized carbons (Fsp3) is 0.467. The molecule has 0 unspecified atom stereocenters. The van der Waals surface area contributed by atoms with E-state index in [9.17, 15) is 0 Å². The molecule has 100 valence electrons. The molecular weight excluding hydrogens is 238 g/mol. The van der Waals surface area contributed by atoms with E-state index in [1.165, 1.54) is 12.8 Å². The minimum absolute atomic E-state index is 0.549. The van der Waals surface area contributed by atoms with E-state index in [2.05, 4.69) is 24.1 Å². The molecule has 0 bridgehead atoms. The summed E-state index contributed by atoms with van der Waals surface area (Å²) < 4.78 is 5.18. The van der Waals surface area contributed by atoms with Crippen LogP contribution in [0.15, 0.2) is 23.0 Å². The second kappa shape index (κ2) is 5.03. The van der Waals surface area contributed by atoms with Crippen LogP contribution in [0.2, 0.25) is 0 Å². The molecule has 2 aromatic heterocycles. The lowest BCUT2D eigenvalue weighted by Gasteiger charge is -2.12. The largest absolute Gasteiger partial charge is 0.472 e. The molecule has 2 heterocycles. The zero-order valence-electron chi connectivity index (χ0n) is 11.4. The molecule has 2 aromatic rings. The number of hydrogen-bond donors (Lipinski definition) is 1. The van der Waals surface area contributed by atoms with Crippen molar-refractivity contribution in [3.8, 4) is 11.3 Å². The number of nitrogens with zero attached hydrogens (tertiary/aromatic N) is 2. The summed E-state index contributed by atoms with van der Waals surface area (Å²) in [5.74, 6) is 2.49. The Labute approximate surface area is 113 Å². The van der Waals surface area contributed by atoms with Crippen LogP contribution in [0.3, 0.4) is 0 Å². The number of aromatic nitrogens is 2. The molecule has 3 rings (SSSR count).